The maximum atomic E-state index is 5.99. The number of benzene rings is 1. The summed E-state index contributed by atoms with van der Waals surface area (Å²) in [6.45, 7) is 1.86. The molecule has 0 aliphatic heterocycles. The zero-order valence-corrected chi connectivity index (χ0v) is 10.5. The Morgan fingerprint density at radius 1 is 1.22 bits per heavy atom. The van der Waals surface area contributed by atoms with Crippen LogP contribution in [0.5, 0.6) is 0 Å². The van der Waals surface area contributed by atoms with Crippen LogP contribution in [0.1, 0.15) is 5.69 Å². The third-order valence-corrected chi connectivity index (χ3v) is 3.14. The zero-order chi connectivity index (χ0) is 12.7. The molecule has 2 aromatic heterocycles. The molecule has 2 heterocycles. The van der Waals surface area contributed by atoms with Crippen LogP contribution >= 0.6 is 11.6 Å². The molecular formula is C13H11ClN4. The maximum absolute atomic E-state index is 5.99. The van der Waals surface area contributed by atoms with Crippen molar-refractivity contribution in [3.05, 3.63) is 47.2 Å². The van der Waals surface area contributed by atoms with Crippen molar-refractivity contribution in [1.29, 1.82) is 0 Å². The molecule has 0 aliphatic rings. The molecule has 0 fully saturated rings. The standard InChI is InChI=1S/C13H11ClN4/c1-8-11(14)7-18(17-8)13-5-2-9-6-10(15)3-4-12(9)16-13/h2-7H,15H2,1H3. The van der Waals surface area contributed by atoms with Gasteiger partial charge in [0.2, 0.25) is 0 Å². The normalized spacial score (nSPS) is 11.0. The minimum absolute atomic E-state index is 0.634. The lowest BCUT2D eigenvalue weighted by molar-refractivity contribution is 0.837. The van der Waals surface area contributed by atoms with Crippen LogP contribution in [-0.4, -0.2) is 14.8 Å². The topological polar surface area (TPSA) is 56.7 Å². The number of pyridine rings is 1. The Morgan fingerprint density at radius 2 is 2.06 bits per heavy atom. The van der Waals surface area contributed by atoms with Gasteiger partial charge in [-0.25, -0.2) is 9.67 Å². The Balaban J connectivity index is 2.16. The Bertz CT molecular complexity index is 713. The predicted octanol–water partition coefficient (Wildman–Crippen LogP) is 2.96. The van der Waals surface area contributed by atoms with Crippen LogP contribution in [0.15, 0.2) is 36.5 Å². The molecule has 3 rings (SSSR count). The minimum atomic E-state index is 0.634. The zero-order valence-electron chi connectivity index (χ0n) is 9.76. The summed E-state index contributed by atoms with van der Waals surface area (Å²) >= 11 is 5.99. The van der Waals surface area contributed by atoms with Gasteiger partial charge in [-0.3, -0.25) is 0 Å². The Labute approximate surface area is 109 Å². The van der Waals surface area contributed by atoms with Gasteiger partial charge in [-0.15, -0.1) is 0 Å². The van der Waals surface area contributed by atoms with Gasteiger partial charge in [0.25, 0.3) is 0 Å². The second-order valence-corrected chi connectivity index (χ2v) is 4.54. The van der Waals surface area contributed by atoms with E-state index in [1.165, 1.54) is 0 Å². The van der Waals surface area contributed by atoms with E-state index in [0.717, 1.165) is 28.1 Å². The van der Waals surface area contributed by atoms with Crippen molar-refractivity contribution in [2.75, 3.05) is 5.73 Å². The number of hydrogen-bond acceptors (Lipinski definition) is 3. The SMILES string of the molecule is Cc1nn(-c2ccc3cc(N)ccc3n2)cc1Cl. The van der Waals surface area contributed by atoms with Crippen molar-refractivity contribution in [2.24, 2.45) is 0 Å². The Hall–Kier alpha value is -2.07. The van der Waals surface area contributed by atoms with Gasteiger partial charge in [0.05, 0.1) is 22.4 Å². The lowest BCUT2D eigenvalue weighted by atomic mass is 10.2. The van der Waals surface area contributed by atoms with Crippen molar-refractivity contribution in [1.82, 2.24) is 14.8 Å². The summed E-state index contributed by atoms with van der Waals surface area (Å²) in [6, 6.07) is 9.49. The minimum Gasteiger partial charge on any atom is -0.399 e. The van der Waals surface area contributed by atoms with Crippen molar-refractivity contribution in [3.8, 4) is 5.82 Å². The van der Waals surface area contributed by atoms with Crippen molar-refractivity contribution in [3.63, 3.8) is 0 Å². The highest BCUT2D eigenvalue weighted by Gasteiger charge is 2.05. The van der Waals surface area contributed by atoms with Crippen molar-refractivity contribution < 1.29 is 0 Å². The van der Waals surface area contributed by atoms with E-state index in [4.69, 9.17) is 17.3 Å². The van der Waals surface area contributed by atoms with Gasteiger partial charge in [0, 0.05) is 11.1 Å². The molecular weight excluding hydrogens is 248 g/mol. The van der Waals surface area contributed by atoms with Gasteiger partial charge >= 0.3 is 0 Å². The molecule has 5 heteroatoms. The van der Waals surface area contributed by atoms with E-state index in [-0.39, 0.29) is 0 Å². The molecule has 0 bridgehead atoms. The van der Waals surface area contributed by atoms with Gasteiger partial charge in [-0.1, -0.05) is 11.6 Å². The van der Waals surface area contributed by atoms with Crippen LogP contribution in [-0.2, 0) is 0 Å². The number of fused-ring (bicyclic) bond motifs is 1. The number of anilines is 1. The van der Waals surface area contributed by atoms with Crippen LogP contribution in [0.4, 0.5) is 5.69 Å². The first-order valence-corrected chi connectivity index (χ1v) is 5.90. The molecule has 0 atom stereocenters. The van der Waals surface area contributed by atoms with E-state index in [0.29, 0.717) is 5.02 Å². The van der Waals surface area contributed by atoms with Gasteiger partial charge in [-0.2, -0.15) is 5.10 Å². The third-order valence-electron chi connectivity index (χ3n) is 2.77. The van der Waals surface area contributed by atoms with Gasteiger partial charge in [0.15, 0.2) is 5.82 Å². The summed E-state index contributed by atoms with van der Waals surface area (Å²) in [5.41, 5.74) is 8.13. The van der Waals surface area contributed by atoms with E-state index in [1.54, 1.807) is 10.9 Å². The number of aromatic nitrogens is 3. The average Bonchev–Trinajstić information content (AvgIpc) is 2.69. The molecule has 0 saturated heterocycles. The number of nitrogen functional groups attached to an aromatic ring is 1. The number of aryl methyl sites for hydroxylation is 1. The molecule has 0 amide bonds. The average molecular weight is 259 g/mol. The number of hydrogen-bond donors (Lipinski definition) is 1. The molecule has 0 saturated carbocycles. The maximum Gasteiger partial charge on any atom is 0.154 e. The molecule has 2 N–H and O–H groups in total. The molecule has 0 aliphatic carbocycles. The highest BCUT2D eigenvalue weighted by molar-refractivity contribution is 6.31. The van der Waals surface area contributed by atoms with E-state index >= 15 is 0 Å². The van der Waals surface area contributed by atoms with Crippen LogP contribution in [0, 0.1) is 6.92 Å². The predicted molar refractivity (Wildman–Crippen MR) is 73.0 cm³/mol. The summed E-state index contributed by atoms with van der Waals surface area (Å²) in [7, 11) is 0. The summed E-state index contributed by atoms with van der Waals surface area (Å²) in [6.07, 6.45) is 1.75. The van der Waals surface area contributed by atoms with Crippen LogP contribution in [0.3, 0.4) is 0 Å². The largest absolute Gasteiger partial charge is 0.399 e. The molecule has 1 aromatic carbocycles. The quantitative estimate of drug-likeness (QED) is 0.683. The second-order valence-electron chi connectivity index (χ2n) is 4.13. The second kappa shape index (κ2) is 3.99. The van der Waals surface area contributed by atoms with Crippen LogP contribution in [0.25, 0.3) is 16.7 Å². The summed E-state index contributed by atoms with van der Waals surface area (Å²) in [5, 5.41) is 5.94. The fraction of sp³-hybridized carbons (Fsp3) is 0.0769. The van der Waals surface area contributed by atoms with Crippen LogP contribution in [0.2, 0.25) is 5.02 Å². The van der Waals surface area contributed by atoms with Crippen LogP contribution < -0.4 is 5.73 Å². The van der Waals surface area contributed by atoms with Gasteiger partial charge in [0.1, 0.15) is 0 Å². The smallest absolute Gasteiger partial charge is 0.154 e. The number of halogens is 1. The molecule has 0 spiro atoms. The van der Waals surface area contributed by atoms with E-state index in [2.05, 4.69) is 10.1 Å². The number of nitrogens with zero attached hydrogens (tertiary/aromatic N) is 3. The molecule has 90 valence electrons. The molecule has 3 aromatic rings. The third kappa shape index (κ3) is 1.80. The summed E-state index contributed by atoms with van der Waals surface area (Å²) in [5.74, 6) is 0.738. The van der Waals surface area contributed by atoms with Crippen molar-refractivity contribution >= 4 is 28.2 Å². The fourth-order valence-electron chi connectivity index (χ4n) is 1.82. The highest BCUT2D eigenvalue weighted by Crippen LogP contribution is 2.19. The molecule has 0 radical (unpaired) electrons. The first-order chi connectivity index (χ1) is 8.63. The van der Waals surface area contributed by atoms with E-state index in [9.17, 15) is 0 Å². The summed E-state index contributed by atoms with van der Waals surface area (Å²) in [4.78, 5) is 4.53. The number of rotatable bonds is 1. The lowest BCUT2D eigenvalue weighted by Crippen LogP contribution is -1.98. The fourth-order valence-corrected chi connectivity index (χ4v) is 1.95. The Morgan fingerprint density at radius 3 is 2.78 bits per heavy atom. The van der Waals surface area contributed by atoms with E-state index < -0.39 is 0 Å². The highest BCUT2D eigenvalue weighted by atomic mass is 35.5. The Kier molecular flexibility index (Phi) is 2.45. The van der Waals surface area contributed by atoms with Gasteiger partial charge < -0.3 is 5.73 Å². The first kappa shape index (κ1) is 11.0. The molecule has 0 unspecified atom stereocenters. The summed E-state index contributed by atoms with van der Waals surface area (Å²) < 4.78 is 1.67. The number of nitrogens with two attached hydrogens (primary N) is 1. The van der Waals surface area contributed by atoms with Crippen molar-refractivity contribution in [2.45, 2.75) is 6.92 Å². The lowest BCUT2D eigenvalue weighted by Gasteiger charge is -2.03. The van der Waals surface area contributed by atoms with E-state index in [1.807, 2.05) is 37.3 Å². The first-order valence-electron chi connectivity index (χ1n) is 5.52. The monoisotopic (exact) mass is 258 g/mol. The van der Waals surface area contributed by atoms with Gasteiger partial charge in [-0.05, 0) is 37.3 Å². The molecule has 4 nitrogen and oxygen atoms in total. The molecule has 18 heavy (non-hydrogen) atoms.